The molecule has 2 nitrogen and oxygen atoms in total. The monoisotopic (exact) mass is 273 g/mol. The number of anilines is 1. The van der Waals surface area contributed by atoms with Crippen LogP contribution in [0.15, 0.2) is 16.6 Å². The molecule has 1 N–H and O–H groups in total. The fourth-order valence-corrected chi connectivity index (χ4v) is 1.68. The zero-order chi connectivity index (χ0) is 11.4. The Morgan fingerprint density at radius 3 is 2.80 bits per heavy atom. The largest absolute Gasteiger partial charge is 0.326 e. The van der Waals surface area contributed by atoms with Crippen molar-refractivity contribution in [3.63, 3.8) is 0 Å². The highest BCUT2D eigenvalue weighted by molar-refractivity contribution is 9.10. The van der Waals surface area contributed by atoms with E-state index in [1.54, 1.807) is 6.07 Å². The first-order chi connectivity index (χ1) is 7.04. The van der Waals surface area contributed by atoms with Gasteiger partial charge in [0.2, 0.25) is 5.91 Å². The van der Waals surface area contributed by atoms with Gasteiger partial charge < -0.3 is 5.32 Å². The molecule has 1 aromatic carbocycles. The van der Waals surface area contributed by atoms with Crippen LogP contribution in [0.4, 0.5) is 10.1 Å². The molecule has 0 radical (unpaired) electrons. The van der Waals surface area contributed by atoms with Crippen LogP contribution in [0.2, 0.25) is 0 Å². The average Bonchev–Trinajstić information content (AvgIpc) is 2.14. The number of rotatable bonds is 3. The van der Waals surface area contributed by atoms with E-state index in [1.165, 1.54) is 6.07 Å². The number of benzene rings is 1. The highest BCUT2D eigenvalue weighted by atomic mass is 79.9. The molecule has 0 aliphatic rings. The number of amides is 1. The fraction of sp³-hybridized carbons (Fsp3) is 0.364. The quantitative estimate of drug-likeness (QED) is 0.895. The Balaban J connectivity index is 2.86. The van der Waals surface area contributed by atoms with Gasteiger partial charge in [-0.15, -0.1) is 0 Å². The van der Waals surface area contributed by atoms with E-state index in [0.717, 1.165) is 12.0 Å². The van der Waals surface area contributed by atoms with E-state index >= 15 is 0 Å². The predicted molar refractivity (Wildman–Crippen MR) is 62.4 cm³/mol. The summed E-state index contributed by atoms with van der Waals surface area (Å²) in [6, 6.07) is 2.98. The first-order valence-corrected chi connectivity index (χ1v) is 5.59. The van der Waals surface area contributed by atoms with Crippen LogP contribution < -0.4 is 5.32 Å². The van der Waals surface area contributed by atoms with Gasteiger partial charge in [0, 0.05) is 12.1 Å². The second-order valence-electron chi connectivity index (χ2n) is 3.38. The summed E-state index contributed by atoms with van der Waals surface area (Å²) >= 11 is 3.09. The summed E-state index contributed by atoms with van der Waals surface area (Å²) in [5.74, 6) is -0.449. The van der Waals surface area contributed by atoms with Gasteiger partial charge in [0.15, 0.2) is 0 Å². The Labute approximate surface area is 97.0 Å². The number of carbonyl (C=O) groups is 1. The van der Waals surface area contributed by atoms with Crippen molar-refractivity contribution in [2.75, 3.05) is 5.32 Å². The third kappa shape index (κ3) is 3.30. The fourth-order valence-electron chi connectivity index (χ4n) is 1.22. The number of aryl methyl sites for hydroxylation is 1. The summed E-state index contributed by atoms with van der Waals surface area (Å²) in [4.78, 5) is 11.3. The minimum Gasteiger partial charge on any atom is -0.326 e. The van der Waals surface area contributed by atoms with Gasteiger partial charge in [-0.3, -0.25) is 4.79 Å². The lowest BCUT2D eigenvalue weighted by Crippen LogP contribution is -2.11. The molecule has 0 fully saturated rings. The lowest BCUT2D eigenvalue weighted by Gasteiger charge is -2.08. The third-order valence-corrected chi connectivity index (χ3v) is 2.63. The maximum absolute atomic E-state index is 13.2. The number of halogens is 2. The molecule has 0 aliphatic heterocycles. The van der Waals surface area contributed by atoms with Gasteiger partial charge in [0.25, 0.3) is 0 Å². The van der Waals surface area contributed by atoms with E-state index in [1.807, 2.05) is 13.8 Å². The molecule has 0 heterocycles. The molecule has 0 saturated heterocycles. The van der Waals surface area contributed by atoms with Crippen LogP contribution in [0.25, 0.3) is 0 Å². The van der Waals surface area contributed by atoms with Crippen LogP contribution in [0.1, 0.15) is 25.3 Å². The minimum atomic E-state index is -0.368. The third-order valence-electron chi connectivity index (χ3n) is 2.02. The Bertz CT molecular complexity index is 379. The molecule has 1 aromatic rings. The molecular weight excluding hydrogens is 261 g/mol. The zero-order valence-corrected chi connectivity index (χ0v) is 10.3. The van der Waals surface area contributed by atoms with E-state index in [2.05, 4.69) is 21.2 Å². The van der Waals surface area contributed by atoms with Crippen LogP contribution in [-0.4, -0.2) is 5.91 Å². The summed E-state index contributed by atoms with van der Waals surface area (Å²) in [5, 5.41) is 2.68. The van der Waals surface area contributed by atoms with Crippen molar-refractivity contribution in [1.82, 2.24) is 0 Å². The van der Waals surface area contributed by atoms with Crippen LogP contribution in [0.5, 0.6) is 0 Å². The van der Waals surface area contributed by atoms with Crippen molar-refractivity contribution < 1.29 is 9.18 Å². The average molecular weight is 274 g/mol. The standard InChI is InChI=1S/C11H13BrFNO/c1-3-4-11(15)14-10-6-9(13)8(12)5-7(10)2/h5-6H,3-4H2,1-2H3,(H,14,15). The summed E-state index contributed by atoms with van der Waals surface area (Å²) in [5.41, 5.74) is 1.38. The van der Waals surface area contributed by atoms with Crippen LogP contribution in [0.3, 0.4) is 0 Å². The Hall–Kier alpha value is -0.900. The van der Waals surface area contributed by atoms with Crippen LogP contribution in [0, 0.1) is 12.7 Å². The molecule has 1 rings (SSSR count). The molecule has 0 aromatic heterocycles. The normalized spacial score (nSPS) is 10.1. The maximum Gasteiger partial charge on any atom is 0.224 e. The van der Waals surface area contributed by atoms with Crippen LogP contribution in [-0.2, 0) is 4.79 Å². The molecule has 0 aliphatic carbocycles. The Morgan fingerprint density at radius 2 is 2.20 bits per heavy atom. The molecule has 1 amide bonds. The van der Waals surface area contributed by atoms with E-state index in [-0.39, 0.29) is 11.7 Å². The van der Waals surface area contributed by atoms with Crippen molar-refractivity contribution in [2.45, 2.75) is 26.7 Å². The maximum atomic E-state index is 13.2. The Morgan fingerprint density at radius 1 is 1.53 bits per heavy atom. The summed E-state index contributed by atoms with van der Waals surface area (Å²) in [6.45, 7) is 3.75. The van der Waals surface area contributed by atoms with Gasteiger partial charge in [0.05, 0.1) is 4.47 Å². The highest BCUT2D eigenvalue weighted by Gasteiger charge is 2.07. The minimum absolute atomic E-state index is 0.0812. The molecule has 82 valence electrons. The van der Waals surface area contributed by atoms with Gasteiger partial charge in [-0.05, 0) is 47.0 Å². The van der Waals surface area contributed by atoms with Crippen molar-refractivity contribution in [1.29, 1.82) is 0 Å². The molecule has 0 saturated carbocycles. The molecule has 4 heteroatoms. The summed E-state index contributed by atoms with van der Waals surface area (Å²) < 4.78 is 13.6. The second kappa shape index (κ2) is 5.26. The summed E-state index contributed by atoms with van der Waals surface area (Å²) in [6.07, 6.45) is 1.24. The van der Waals surface area contributed by atoms with Gasteiger partial charge in [-0.2, -0.15) is 0 Å². The van der Waals surface area contributed by atoms with E-state index < -0.39 is 0 Å². The highest BCUT2D eigenvalue weighted by Crippen LogP contribution is 2.24. The predicted octanol–water partition coefficient (Wildman–Crippen LogP) is 3.64. The molecule has 0 bridgehead atoms. The molecule has 0 atom stereocenters. The molecule has 0 unspecified atom stereocenters. The Kier molecular flexibility index (Phi) is 4.27. The summed E-state index contributed by atoms with van der Waals surface area (Å²) in [7, 11) is 0. The molecular formula is C11H13BrFNO. The smallest absolute Gasteiger partial charge is 0.224 e. The van der Waals surface area contributed by atoms with Crippen molar-refractivity contribution in [3.8, 4) is 0 Å². The van der Waals surface area contributed by atoms with Crippen molar-refractivity contribution >= 4 is 27.5 Å². The van der Waals surface area contributed by atoms with E-state index in [4.69, 9.17) is 0 Å². The SMILES string of the molecule is CCCC(=O)Nc1cc(F)c(Br)cc1C. The number of hydrogen-bond acceptors (Lipinski definition) is 1. The van der Waals surface area contributed by atoms with Gasteiger partial charge in [0.1, 0.15) is 5.82 Å². The molecule has 0 spiro atoms. The lowest BCUT2D eigenvalue weighted by atomic mass is 10.2. The van der Waals surface area contributed by atoms with Crippen molar-refractivity contribution in [2.24, 2.45) is 0 Å². The zero-order valence-electron chi connectivity index (χ0n) is 8.73. The topological polar surface area (TPSA) is 29.1 Å². The van der Waals surface area contributed by atoms with Crippen molar-refractivity contribution in [3.05, 3.63) is 28.0 Å². The van der Waals surface area contributed by atoms with E-state index in [9.17, 15) is 9.18 Å². The number of hydrogen-bond donors (Lipinski definition) is 1. The van der Waals surface area contributed by atoms with Gasteiger partial charge in [-0.1, -0.05) is 6.92 Å². The van der Waals surface area contributed by atoms with Crippen LogP contribution >= 0.6 is 15.9 Å². The van der Waals surface area contributed by atoms with Gasteiger partial charge in [-0.25, -0.2) is 4.39 Å². The first-order valence-electron chi connectivity index (χ1n) is 4.80. The molecule has 15 heavy (non-hydrogen) atoms. The second-order valence-corrected chi connectivity index (χ2v) is 4.23. The first kappa shape index (κ1) is 12.2. The number of carbonyl (C=O) groups excluding carboxylic acids is 1. The number of nitrogens with one attached hydrogen (secondary N) is 1. The van der Waals surface area contributed by atoms with E-state index in [0.29, 0.717) is 16.6 Å². The van der Waals surface area contributed by atoms with Gasteiger partial charge >= 0.3 is 0 Å². The lowest BCUT2D eigenvalue weighted by molar-refractivity contribution is -0.116.